The molecule has 1 saturated carbocycles. The van der Waals surface area contributed by atoms with Gasteiger partial charge in [-0.15, -0.1) is 0 Å². The van der Waals surface area contributed by atoms with Gasteiger partial charge in [0.1, 0.15) is 5.76 Å². The van der Waals surface area contributed by atoms with E-state index < -0.39 is 5.91 Å². The highest BCUT2D eigenvalue weighted by molar-refractivity contribution is 6.30. The van der Waals surface area contributed by atoms with E-state index in [0.717, 1.165) is 44.1 Å². The molecule has 2 aromatic rings. The Bertz CT molecular complexity index is 949. The lowest BCUT2D eigenvalue weighted by molar-refractivity contribution is -0.121. The molecule has 0 aliphatic heterocycles. The lowest BCUT2D eigenvalue weighted by Crippen LogP contribution is -2.52. The normalized spacial score (nSPS) is 20.7. The van der Waals surface area contributed by atoms with Crippen molar-refractivity contribution in [1.82, 2.24) is 16.0 Å². The van der Waals surface area contributed by atoms with Gasteiger partial charge < -0.3 is 20.4 Å². The molecule has 3 atom stereocenters. The van der Waals surface area contributed by atoms with Crippen LogP contribution in [0.1, 0.15) is 76.8 Å². The van der Waals surface area contributed by atoms with Crippen molar-refractivity contribution in [2.45, 2.75) is 83.8 Å². The van der Waals surface area contributed by atoms with Crippen molar-refractivity contribution in [3.63, 3.8) is 0 Å². The van der Waals surface area contributed by atoms with Crippen LogP contribution in [0, 0.1) is 5.92 Å². The first-order valence-corrected chi connectivity index (χ1v) is 12.7. The fourth-order valence-electron chi connectivity index (χ4n) is 4.72. The summed E-state index contributed by atoms with van der Waals surface area (Å²) in [5.41, 5.74) is 0.912. The highest BCUT2D eigenvalue weighted by Crippen LogP contribution is 2.30. The van der Waals surface area contributed by atoms with E-state index in [-0.39, 0.29) is 29.8 Å². The second kappa shape index (κ2) is 11.9. The number of nitrogens with one attached hydrogen (secondary N) is 3. The van der Waals surface area contributed by atoms with E-state index in [0.29, 0.717) is 22.7 Å². The first kappa shape index (κ1) is 26.3. The molecule has 2 amide bonds. The summed E-state index contributed by atoms with van der Waals surface area (Å²) in [6.45, 7) is 8.71. The number of carbonyl (C=O) groups is 2. The molecule has 6 nitrogen and oxygen atoms in total. The van der Waals surface area contributed by atoms with E-state index in [2.05, 4.69) is 43.6 Å². The summed E-state index contributed by atoms with van der Waals surface area (Å²) >= 11 is 5.93. The Hall–Kier alpha value is -2.31. The van der Waals surface area contributed by atoms with Crippen molar-refractivity contribution in [3.8, 4) is 11.3 Å². The van der Waals surface area contributed by atoms with Crippen LogP contribution in [0.25, 0.3) is 11.3 Å². The molecule has 0 spiro atoms. The first-order valence-electron chi connectivity index (χ1n) is 12.4. The van der Waals surface area contributed by atoms with E-state index in [9.17, 15) is 9.59 Å². The van der Waals surface area contributed by atoms with Gasteiger partial charge in [0.15, 0.2) is 5.76 Å². The van der Waals surface area contributed by atoms with Crippen LogP contribution in [0.4, 0.5) is 0 Å². The van der Waals surface area contributed by atoms with Gasteiger partial charge in [0.05, 0.1) is 6.54 Å². The molecule has 0 saturated heterocycles. The van der Waals surface area contributed by atoms with E-state index in [1.54, 1.807) is 24.3 Å². The van der Waals surface area contributed by atoms with Gasteiger partial charge in [0.2, 0.25) is 5.91 Å². The average molecular weight is 488 g/mol. The van der Waals surface area contributed by atoms with Crippen LogP contribution in [0.5, 0.6) is 0 Å². The quantitative estimate of drug-likeness (QED) is 0.432. The Kier molecular flexibility index (Phi) is 9.20. The van der Waals surface area contributed by atoms with Crippen LogP contribution in [-0.2, 0) is 4.79 Å². The van der Waals surface area contributed by atoms with Crippen LogP contribution in [0.15, 0.2) is 40.8 Å². The molecule has 1 aromatic carbocycles. The molecule has 3 unspecified atom stereocenters. The molecule has 1 aliphatic rings. The summed E-state index contributed by atoms with van der Waals surface area (Å²) in [7, 11) is 0. The van der Waals surface area contributed by atoms with Crippen LogP contribution in [0.3, 0.4) is 0 Å². The van der Waals surface area contributed by atoms with Crippen molar-refractivity contribution < 1.29 is 14.0 Å². The fourth-order valence-corrected chi connectivity index (χ4v) is 4.84. The predicted octanol–water partition coefficient (Wildman–Crippen LogP) is 5.56. The van der Waals surface area contributed by atoms with E-state index >= 15 is 0 Å². The van der Waals surface area contributed by atoms with E-state index in [1.807, 2.05) is 12.1 Å². The smallest absolute Gasteiger partial charge is 0.287 e. The van der Waals surface area contributed by atoms with Crippen LogP contribution < -0.4 is 16.0 Å². The van der Waals surface area contributed by atoms with Crippen molar-refractivity contribution in [3.05, 3.63) is 47.2 Å². The largest absolute Gasteiger partial charge is 0.451 e. The molecule has 0 bridgehead atoms. The topological polar surface area (TPSA) is 83.4 Å². The molecule has 34 heavy (non-hydrogen) atoms. The van der Waals surface area contributed by atoms with Crippen molar-refractivity contribution in [2.75, 3.05) is 6.54 Å². The highest BCUT2D eigenvalue weighted by Gasteiger charge is 2.32. The summed E-state index contributed by atoms with van der Waals surface area (Å²) in [6, 6.07) is 11.2. The fraction of sp³-hybridized carbons (Fsp3) is 0.556. The third-order valence-electron chi connectivity index (χ3n) is 6.26. The zero-order valence-corrected chi connectivity index (χ0v) is 21.5. The summed E-state index contributed by atoms with van der Waals surface area (Å²) in [6.07, 6.45) is 6.46. The Labute approximate surface area is 208 Å². The Balaban J connectivity index is 1.51. The standard InChI is InChI=1S/C27H38ClN3O3/c1-5-6-7-19-16-21(31-27(2,3)4)12-13-22(19)30-25(32)17-29-26(33)24-15-14-23(34-24)18-8-10-20(28)11-9-18/h8-11,14-15,19,21-22,31H,5-7,12-13,16-17H2,1-4H3,(H,29,33)(H,30,32). The Morgan fingerprint density at radius 3 is 2.50 bits per heavy atom. The number of furan rings is 1. The minimum Gasteiger partial charge on any atom is -0.451 e. The first-order chi connectivity index (χ1) is 16.1. The van der Waals surface area contributed by atoms with Gasteiger partial charge >= 0.3 is 0 Å². The number of hydrogen-bond donors (Lipinski definition) is 3. The molecule has 1 fully saturated rings. The summed E-state index contributed by atoms with van der Waals surface area (Å²) in [4.78, 5) is 25.2. The SMILES string of the molecule is CCCCC1CC(NC(C)(C)C)CCC1NC(=O)CNC(=O)c1ccc(-c2ccc(Cl)cc2)o1. The van der Waals surface area contributed by atoms with Crippen molar-refractivity contribution in [2.24, 2.45) is 5.92 Å². The summed E-state index contributed by atoms with van der Waals surface area (Å²) in [5, 5.41) is 10.2. The summed E-state index contributed by atoms with van der Waals surface area (Å²) in [5.74, 6) is 0.626. The number of amides is 2. The maximum absolute atomic E-state index is 12.7. The monoisotopic (exact) mass is 487 g/mol. The molecular formula is C27H38ClN3O3. The minimum atomic E-state index is -0.406. The molecule has 1 aliphatic carbocycles. The van der Waals surface area contributed by atoms with Gasteiger partial charge in [-0.25, -0.2) is 0 Å². The number of benzene rings is 1. The second-order valence-corrected chi connectivity index (χ2v) is 10.8. The van der Waals surface area contributed by atoms with Gasteiger partial charge in [0, 0.05) is 28.2 Å². The molecule has 3 N–H and O–H groups in total. The van der Waals surface area contributed by atoms with Crippen LogP contribution >= 0.6 is 11.6 Å². The second-order valence-electron chi connectivity index (χ2n) is 10.3. The van der Waals surface area contributed by atoms with Gasteiger partial charge in [-0.3, -0.25) is 9.59 Å². The molecule has 1 heterocycles. The molecule has 186 valence electrons. The van der Waals surface area contributed by atoms with Gasteiger partial charge in [0.25, 0.3) is 5.91 Å². The Morgan fingerprint density at radius 1 is 1.09 bits per heavy atom. The maximum Gasteiger partial charge on any atom is 0.287 e. The maximum atomic E-state index is 12.7. The third kappa shape index (κ3) is 7.88. The third-order valence-corrected chi connectivity index (χ3v) is 6.51. The zero-order valence-electron chi connectivity index (χ0n) is 20.7. The summed E-state index contributed by atoms with van der Waals surface area (Å²) < 4.78 is 5.67. The number of carbonyl (C=O) groups excluding carboxylic acids is 2. The molecule has 0 radical (unpaired) electrons. The lowest BCUT2D eigenvalue weighted by atomic mass is 9.78. The van der Waals surface area contributed by atoms with Crippen LogP contribution in [0.2, 0.25) is 5.02 Å². The van der Waals surface area contributed by atoms with E-state index in [1.165, 1.54) is 0 Å². The van der Waals surface area contributed by atoms with Crippen molar-refractivity contribution >= 4 is 23.4 Å². The van der Waals surface area contributed by atoms with Gasteiger partial charge in [-0.2, -0.15) is 0 Å². The van der Waals surface area contributed by atoms with Gasteiger partial charge in [-0.1, -0.05) is 31.4 Å². The number of unbranched alkanes of at least 4 members (excludes halogenated alkanes) is 1. The average Bonchev–Trinajstić information content (AvgIpc) is 3.27. The molecule has 3 rings (SSSR count). The number of halogens is 1. The van der Waals surface area contributed by atoms with Crippen LogP contribution in [-0.4, -0.2) is 36.0 Å². The minimum absolute atomic E-state index is 0.0729. The van der Waals surface area contributed by atoms with Gasteiger partial charge in [-0.05, 0) is 88.8 Å². The Morgan fingerprint density at radius 2 is 1.82 bits per heavy atom. The van der Waals surface area contributed by atoms with E-state index in [4.69, 9.17) is 16.0 Å². The number of hydrogen-bond acceptors (Lipinski definition) is 4. The number of rotatable bonds is 9. The highest BCUT2D eigenvalue weighted by atomic mass is 35.5. The predicted molar refractivity (Wildman–Crippen MR) is 137 cm³/mol. The lowest BCUT2D eigenvalue weighted by Gasteiger charge is -2.40. The molecule has 7 heteroatoms. The molecular weight excluding hydrogens is 450 g/mol. The molecule has 1 aromatic heterocycles. The van der Waals surface area contributed by atoms with Crippen molar-refractivity contribution in [1.29, 1.82) is 0 Å². The zero-order chi connectivity index (χ0) is 24.7.